The van der Waals surface area contributed by atoms with Crippen molar-refractivity contribution >= 4 is 16.5 Å². The third kappa shape index (κ3) is 5.17. The molecule has 0 saturated heterocycles. The van der Waals surface area contributed by atoms with Gasteiger partial charge in [-0.2, -0.15) is 10.5 Å². The summed E-state index contributed by atoms with van der Waals surface area (Å²) in [5, 5.41) is 20.5. The van der Waals surface area contributed by atoms with Crippen LogP contribution < -0.4 is 5.73 Å². The Balaban J connectivity index is 1.78. The van der Waals surface area contributed by atoms with Gasteiger partial charge >= 0.3 is 0 Å². The van der Waals surface area contributed by atoms with Crippen molar-refractivity contribution in [2.45, 2.75) is 6.42 Å². The molecule has 3 heteroatoms. The fraction of sp³-hybridized carbons (Fsp3) is 0.0303. The molecule has 4 rings (SSSR count). The Morgan fingerprint density at radius 1 is 0.806 bits per heavy atom. The Bertz CT molecular complexity index is 1620. The van der Waals surface area contributed by atoms with Crippen LogP contribution in [-0.4, -0.2) is 0 Å². The highest BCUT2D eigenvalue weighted by molar-refractivity contribution is 6.05. The van der Waals surface area contributed by atoms with Gasteiger partial charge in [0.15, 0.2) is 0 Å². The van der Waals surface area contributed by atoms with Crippen molar-refractivity contribution < 1.29 is 0 Å². The monoisotopic (exact) mass is 463 g/mol. The van der Waals surface area contributed by atoms with Gasteiger partial charge in [0.05, 0.1) is 12.1 Å². The minimum atomic E-state index is 0.318. The van der Waals surface area contributed by atoms with E-state index in [1.807, 2.05) is 36.4 Å². The Hall–Kier alpha value is -5.12. The van der Waals surface area contributed by atoms with E-state index in [4.69, 9.17) is 16.3 Å². The van der Waals surface area contributed by atoms with Crippen molar-refractivity contribution in [3.8, 4) is 34.4 Å². The summed E-state index contributed by atoms with van der Waals surface area (Å²) in [6.07, 6.45) is 5.73. The number of rotatable bonds is 7. The SMILES string of the molecule is C=C/C(C#N)=C\Cc1cccc(-c2ccc(-c3cccc(/C(N)=C/C(=C)C#N)c3)c3ccccc23)c1. The van der Waals surface area contributed by atoms with Crippen molar-refractivity contribution in [3.63, 3.8) is 0 Å². The van der Waals surface area contributed by atoms with Crippen molar-refractivity contribution in [2.75, 3.05) is 0 Å². The summed E-state index contributed by atoms with van der Waals surface area (Å²) in [6, 6.07) is 33.2. The maximum atomic E-state index is 9.16. The molecular formula is C33H25N3. The first-order chi connectivity index (χ1) is 17.5. The molecule has 0 fully saturated rings. The molecule has 4 aromatic carbocycles. The Morgan fingerprint density at radius 2 is 1.44 bits per heavy atom. The van der Waals surface area contributed by atoms with Gasteiger partial charge in [0.25, 0.3) is 0 Å². The Labute approximate surface area is 212 Å². The van der Waals surface area contributed by atoms with Gasteiger partial charge in [0.1, 0.15) is 0 Å². The van der Waals surface area contributed by atoms with Crippen molar-refractivity contribution in [1.82, 2.24) is 0 Å². The lowest BCUT2D eigenvalue weighted by Gasteiger charge is -2.14. The van der Waals surface area contributed by atoms with Gasteiger partial charge in [-0.05, 0) is 62.7 Å². The van der Waals surface area contributed by atoms with Crippen LogP contribution in [0.4, 0.5) is 0 Å². The Morgan fingerprint density at radius 3 is 2.06 bits per heavy atom. The first-order valence-corrected chi connectivity index (χ1v) is 11.5. The number of hydrogen-bond acceptors (Lipinski definition) is 3. The number of fused-ring (bicyclic) bond motifs is 1. The van der Waals surface area contributed by atoms with E-state index in [0.29, 0.717) is 23.3 Å². The molecule has 0 aliphatic carbocycles. The second kappa shape index (κ2) is 10.9. The average molecular weight is 464 g/mol. The largest absolute Gasteiger partial charge is 0.398 e. The fourth-order valence-corrected chi connectivity index (χ4v) is 4.24. The number of benzene rings is 4. The molecule has 0 aromatic heterocycles. The van der Waals surface area contributed by atoms with Gasteiger partial charge in [-0.1, -0.05) is 104 Å². The highest BCUT2D eigenvalue weighted by Crippen LogP contribution is 2.36. The third-order valence-corrected chi connectivity index (χ3v) is 6.05. The van der Waals surface area contributed by atoms with Crippen LogP contribution in [0.1, 0.15) is 11.1 Å². The average Bonchev–Trinajstić information content (AvgIpc) is 2.93. The maximum Gasteiger partial charge on any atom is 0.0988 e. The molecule has 0 heterocycles. The van der Waals surface area contributed by atoms with Gasteiger partial charge in [0, 0.05) is 16.8 Å². The zero-order chi connectivity index (χ0) is 25.5. The van der Waals surface area contributed by atoms with Gasteiger partial charge in [-0.25, -0.2) is 0 Å². The van der Waals surface area contributed by atoms with E-state index < -0.39 is 0 Å². The predicted molar refractivity (Wildman–Crippen MR) is 149 cm³/mol. The first kappa shape index (κ1) is 24.0. The number of hydrogen-bond donors (Lipinski definition) is 1. The van der Waals surface area contributed by atoms with Crippen LogP contribution >= 0.6 is 0 Å². The van der Waals surface area contributed by atoms with E-state index in [9.17, 15) is 0 Å². The van der Waals surface area contributed by atoms with Crippen LogP contribution in [0.15, 0.2) is 127 Å². The smallest absolute Gasteiger partial charge is 0.0988 e. The molecule has 0 aliphatic rings. The lowest BCUT2D eigenvalue weighted by Crippen LogP contribution is -1.97. The minimum Gasteiger partial charge on any atom is -0.398 e. The molecular weight excluding hydrogens is 438 g/mol. The zero-order valence-corrected chi connectivity index (χ0v) is 19.9. The van der Waals surface area contributed by atoms with Crippen LogP contribution in [0, 0.1) is 22.7 Å². The summed E-state index contributed by atoms with van der Waals surface area (Å²) in [6.45, 7) is 7.38. The summed E-state index contributed by atoms with van der Waals surface area (Å²) in [5.74, 6) is 0. The lowest BCUT2D eigenvalue weighted by atomic mass is 9.90. The Kier molecular flexibility index (Phi) is 7.25. The molecule has 0 spiro atoms. The maximum absolute atomic E-state index is 9.16. The van der Waals surface area contributed by atoms with Crippen molar-refractivity contribution in [2.24, 2.45) is 5.73 Å². The molecule has 0 amide bonds. The number of nitrogens with two attached hydrogens (primary N) is 1. The molecule has 0 bridgehead atoms. The van der Waals surface area contributed by atoms with Gasteiger partial charge < -0.3 is 5.73 Å². The van der Waals surface area contributed by atoms with Gasteiger partial charge in [-0.3, -0.25) is 0 Å². The molecule has 0 aliphatic heterocycles. The van der Waals surface area contributed by atoms with Crippen LogP contribution in [0.3, 0.4) is 0 Å². The van der Waals surface area contributed by atoms with Gasteiger partial charge in [0.2, 0.25) is 0 Å². The van der Waals surface area contributed by atoms with Crippen LogP contribution in [0.5, 0.6) is 0 Å². The van der Waals surface area contributed by atoms with E-state index in [1.165, 1.54) is 0 Å². The summed E-state index contributed by atoms with van der Waals surface area (Å²) in [7, 11) is 0. The third-order valence-electron chi connectivity index (χ3n) is 6.05. The van der Waals surface area contributed by atoms with Crippen LogP contribution in [0.2, 0.25) is 0 Å². The highest BCUT2D eigenvalue weighted by atomic mass is 14.6. The predicted octanol–water partition coefficient (Wildman–Crippen LogP) is 7.73. The fourth-order valence-electron chi connectivity index (χ4n) is 4.24. The normalized spacial score (nSPS) is 11.5. The van der Waals surface area contributed by atoms with Crippen molar-refractivity contribution in [3.05, 3.63) is 139 Å². The van der Waals surface area contributed by atoms with Gasteiger partial charge in [-0.15, -0.1) is 0 Å². The second-order valence-electron chi connectivity index (χ2n) is 8.40. The summed E-state index contributed by atoms with van der Waals surface area (Å²) >= 11 is 0. The molecule has 0 atom stereocenters. The molecule has 36 heavy (non-hydrogen) atoms. The lowest BCUT2D eigenvalue weighted by molar-refractivity contribution is 1.26. The summed E-state index contributed by atoms with van der Waals surface area (Å²) in [5.41, 5.74) is 14.0. The van der Waals surface area contributed by atoms with Crippen molar-refractivity contribution in [1.29, 1.82) is 10.5 Å². The molecule has 4 aromatic rings. The number of nitrogens with zero attached hydrogens (tertiary/aromatic N) is 2. The minimum absolute atomic E-state index is 0.318. The highest BCUT2D eigenvalue weighted by Gasteiger charge is 2.11. The molecule has 3 nitrogen and oxygen atoms in total. The molecule has 2 N–H and O–H groups in total. The summed E-state index contributed by atoms with van der Waals surface area (Å²) < 4.78 is 0. The second-order valence-corrected chi connectivity index (χ2v) is 8.40. The quantitative estimate of drug-likeness (QED) is 0.225. The van der Waals surface area contributed by atoms with E-state index >= 15 is 0 Å². The standard InChI is InChI=1S/C33H25N3/c1-3-24(22-35)14-15-25-8-6-9-26(19-25)29-16-17-30(32-13-5-4-12-31(29)32)27-10-7-11-28(20-27)33(36)18-23(2)21-34/h3-14,16-20H,1-2,15,36H2/b24-14+,33-18-. The molecule has 172 valence electrons. The number of nitriles is 2. The summed E-state index contributed by atoms with van der Waals surface area (Å²) in [4.78, 5) is 0. The van der Waals surface area contributed by atoms with E-state index in [-0.39, 0.29) is 0 Å². The topological polar surface area (TPSA) is 73.6 Å². The zero-order valence-electron chi connectivity index (χ0n) is 19.9. The van der Waals surface area contributed by atoms with E-state index in [0.717, 1.165) is 44.2 Å². The van der Waals surface area contributed by atoms with E-state index in [2.05, 4.69) is 79.9 Å². The first-order valence-electron chi connectivity index (χ1n) is 11.5. The van der Waals surface area contributed by atoms with Crippen LogP contribution in [-0.2, 0) is 6.42 Å². The molecule has 0 saturated carbocycles. The van der Waals surface area contributed by atoms with E-state index in [1.54, 1.807) is 12.2 Å². The molecule has 0 radical (unpaired) electrons. The van der Waals surface area contributed by atoms with Crippen LogP contribution in [0.25, 0.3) is 38.7 Å². The number of allylic oxidation sites excluding steroid dienone is 5. The molecule has 0 unspecified atom stereocenters.